The summed E-state index contributed by atoms with van der Waals surface area (Å²) >= 11 is 6.29. The fourth-order valence-corrected chi connectivity index (χ4v) is 4.59. The maximum atomic E-state index is 11.4. The van der Waals surface area contributed by atoms with Crippen molar-refractivity contribution in [3.63, 3.8) is 0 Å². The molecule has 2 aromatic carbocycles. The van der Waals surface area contributed by atoms with E-state index >= 15 is 0 Å². The summed E-state index contributed by atoms with van der Waals surface area (Å²) in [4.78, 5) is 7.32. The molecule has 0 amide bonds. The van der Waals surface area contributed by atoms with Gasteiger partial charge in [0.05, 0.1) is 17.3 Å². The fourth-order valence-electron chi connectivity index (χ4n) is 4.42. The van der Waals surface area contributed by atoms with E-state index in [-0.39, 0.29) is 0 Å². The van der Waals surface area contributed by atoms with Crippen molar-refractivity contribution in [1.29, 1.82) is 0 Å². The predicted molar refractivity (Wildman–Crippen MR) is 142 cm³/mol. The van der Waals surface area contributed by atoms with Crippen LogP contribution in [0.4, 0.5) is 0 Å². The van der Waals surface area contributed by atoms with Crippen molar-refractivity contribution in [2.45, 2.75) is 71.3 Å². The highest BCUT2D eigenvalue weighted by Crippen LogP contribution is 2.31. The predicted octanol–water partition coefficient (Wildman–Crippen LogP) is 8.05. The monoisotopic (exact) mass is 466 g/mol. The standard InChI is InChI=1S/C29H39ClN2O/c1-3-5-7-12-18-32(19-13-8-6-4-2)22-29(33)26-21-27(23-14-10-9-11-15-23)31-28-20-24(30)16-17-25(26)28/h9-11,14-17,20-21,29,33H,3-8,12-13,18-19,22H2,1-2H3/t29-/m1/s1. The minimum atomic E-state index is -0.573. The number of hydrogen-bond acceptors (Lipinski definition) is 3. The highest BCUT2D eigenvalue weighted by Gasteiger charge is 2.18. The third kappa shape index (κ3) is 7.81. The molecule has 0 spiro atoms. The van der Waals surface area contributed by atoms with Gasteiger partial charge in [-0.15, -0.1) is 0 Å². The van der Waals surface area contributed by atoms with Crippen molar-refractivity contribution in [2.75, 3.05) is 19.6 Å². The Kier molecular flexibility index (Phi) is 10.7. The average Bonchev–Trinajstić information content (AvgIpc) is 2.83. The lowest BCUT2D eigenvalue weighted by Gasteiger charge is -2.26. The van der Waals surface area contributed by atoms with Crippen LogP contribution in [0, 0.1) is 0 Å². The number of pyridine rings is 1. The molecular weight excluding hydrogens is 428 g/mol. The SMILES string of the molecule is CCCCCCN(CCCCCC)C[C@@H](O)c1cc(-c2ccccc2)nc2cc(Cl)ccc12. The molecule has 0 saturated carbocycles. The lowest BCUT2D eigenvalue weighted by atomic mass is 9.99. The van der Waals surface area contributed by atoms with Crippen LogP contribution in [0.1, 0.15) is 76.9 Å². The van der Waals surface area contributed by atoms with Gasteiger partial charge in [0.1, 0.15) is 0 Å². The summed E-state index contributed by atoms with van der Waals surface area (Å²) in [5, 5.41) is 13.1. The molecule has 0 radical (unpaired) electrons. The first-order valence-corrected chi connectivity index (χ1v) is 13.1. The Morgan fingerprint density at radius 2 is 1.52 bits per heavy atom. The molecule has 0 aliphatic heterocycles. The Balaban J connectivity index is 1.84. The maximum absolute atomic E-state index is 11.4. The highest BCUT2D eigenvalue weighted by atomic mass is 35.5. The van der Waals surface area contributed by atoms with Gasteiger partial charge in [-0.05, 0) is 49.7 Å². The molecule has 33 heavy (non-hydrogen) atoms. The van der Waals surface area contributed by atoms with E-state index in [4.69, 9.17) is 16.6 Å². The Morgan fingerprint density at radius 3 is 2.15 bits per heavy atom. The summed E-state index contributed by atoms with van der Waals surface area (Å²) in [7, 11) is 0. The van der Waals surface area contributed by atoms with Crippen molar-refractivity contribution in [2.24, 2.45) is 0 Å². The summed E-state index contributed by atoms with van der Waals surface area (Å²) < 4.78 is 0. The minimum absolute atomic E-state index is 0.573. The lowest BCUT2D eigenvalue weighted by Crippen LogP contribution is -2.31. The van der Waals surface area contributed by atoms with Crippen LogP contribution >= 0.6 is 11.6 Å². The van der Waals surface area contributed by atoms with E-state index in [1.54, 1.807) is 0 Å². The Hall–Kier alpha value is -1.94. The Morgan fingerprint density at radius 1 is 0.848 bits per heavy atom. The summed E-state index contributed by atoms with van der Waals surface area (Å²) in [6.45, 7) is 7.23. The largest absolute Gasteiger partial charge is 0.387 e. The minimum Gasteiger partial charge on any atom is -0.387 e. The van der Waals surface area contributed by atoms with Crippen LogP contribution in [0.15, 0.2) is 54.6 Å². The van der Waals surface area contributed by atoms with Gasteiger partial charge in [-0.2, -0.15) is 0 Å². The molecule has 1 N–H and O–H groups in total. The van der Waals surface area contributed by atoms with Crippen molar-refractivity contribution < 1.29 is 5.11 Å². The molecule has 1 atom stereocenters. The fraction of sp³-hybridized carbons (Fsp3) is 0.483. The van der Waals surface area contributed by atoms with Gasteiger partial charge in [0.15, 0.2) is 0 Å². The van der Waals surface area contributed by atoms with Gasteiger partial charge in [0, 0.05) is 22.5 Å². The molecule has 0 unspecified atom stereocenters. The molecule has 0 bridgehead atoms. The first kappa shape index (κ1) is 25.7. The van der Waals surface area contributed by atoms with Crippen LogP contribution in [-0.2, 0) is 0 Å². The zero-order valence-electron chi connectivity index (χ0n) is 20.3. The number of rotatable bonds is 14. The number of hydrogen-bond donors (Lipinski definition) is 1. The van der Waals surface area contributed by atoms with Gasteiger partial charge in [-0.3, -0.25) is 0 Å². The second-order valence-electron chi connectivity index (χ2n) is 9.06. The number of benzene rings is 2. The van der Waals surface area contributed by atoms with Crippen molar-refractivity contribution in [3.05, 3.63) is 65.2 Å². The molecule has 1 aromatic heterocycles. The second-order valence-corrected chi connectivity index (χ2v) is 9.50. The third-order valence-corrected chi connectivity index (χ3v) is 6.55. The van der Waals surface area contributed by atoms with E-state index in [2.05, 4.69) is 36.9 Å². The van der Waals surface area contributed by atoms with Gasteiger partial charge < -0.3 is 10.0 Å². The molecule has 0 aliphatic carbocycles. The van der Waals surface area contributed by atoms with Gasteiger partial charge in [0.2, 0.25) is 0 Å². The molecule has 178 valence electrons. The summed E-state index contributed by atoms with van der Waals surface area (Å²) in [5.74, 6) is 0. The third-order valence-electron chi connectivity index (χ3n) is 6.32. The molecule has 0 aliphatic rings. The highest BCUT2D eigenvalue weighted by molar-refractivity contribution is 6.31. The number of aromatic nitrogens is 1. The lowest BCUT2D eigenvalue weighted by molar-refractivity contribution is 0.111. The van der Waals surface area contributed by atoms with Crippen LogP contribution in [-0.4, -0.2) is 34.6 Å². The number of fused-ring (bicyclic) bond motifs is 1. The summed E-state index contributed by atoms with van der Waals surface area (Å²) in [6, 6.07) is 18.0. The molecule has 3 nitrogen and oxygen atoms in total. The molecule has 4 heteroatoms. The molecular formula is C29H39ClN2O. The molecule has 0 fully saturated rings. The van der Waals surface area contributed by atoms with Crippen LogP contribution in [0.2, 0.25) is 5.02 Å². The van der Waals surface area contributed by atoms with E-state index in [9.17, 15) is 5.11 Å². The molecule has 0 saturated heterocycles. The smallest absolute Gasteiger partial charge is 0.0924 e. The normalized spacial score (nSPS) is 12.5. The summed E-state index contributed by atoms with van der Waals surface area (Å²) in [5.41, 5.74) is 3.68. The number of aliphatic hydroxyl groups excluding tert-OH is 1. The molecule has 3 aromatic rings. The first-order valence-electron chi connectivity index (χ1n) is 12.7. The van der Waals surface area contributed by atoms with E-state index < -0.39 is 6.10 Å². The van der Waals surface area contributed by atoms with Crippen LogP contribution in [0.3, 0.4) is 0 Å². The average molecular weight is 467 g/mol. The number of halogens is 1. The van der Waals surface area contributed by atoms with Gasteiger partial charge >= 0.3 is 0 Å². The van der Waals surface area contributed by atoms with Crippen LogP contribution in [0.5, 0.6) is 0 Å². The molecule has 1 heterocycles. The van der Waals surface area contributed by atoms with E-state index in [0.29, 0.717) is 11.6 Å². The van der Waals surface area contributed by atoms with Crippen molar-refractivity contribution in [3.8, 4) is 11.3 Å². The van der Waals surface area contributed by atoms with E-state index in [1.165, 1.54) is 51.4 Å². The number of nitrogens with zero attached hydrogens (tertiary/aromatic N) is 2. The zero-order chi connectivity index (χ0) is 23.5. The van der Waals surface area contributed by atoms with E-state index in [1.807, 2.05) is 36.4 Å². The Labute approximate surface area is 204 Å². The van der Waals surface area contributed by atoms with Crippen molar-refractivity contribution in [1.82, 2.24) is 9.88 Å². The zero-order valence-corrected chi connectivity index (χ0v) is 21.0. The van der Waals surface area contributed by atoms with Crippen LogP contribution in [0.25, 0.3) is 22.2 Å². The number of unbranched alkanes of at least 4 members (excludes halogenated alkanes) is 6. The Bertz CT molecular complexity index is 964. The topological polar surface area (TPSA) is 36.4 Å². The van der Waals surface area contributed by atoms with Gasteiger partial charge in [-0.25, -0.2) is 4.98 Å². The second kappa shape index (κ2) is 13.7. The molecule has 3 rings (SSSR count). The summed E-state index contributed by atoms with van der Waals surface area (Å²) in [6.07, 6.45) is 9.37. The van der Waals surface area contributed by atoms with Gasteiger partial charge in [-0.1, -0.05) is 100 Å². The first-order chi connectivity index (χ1) is 16.1. The maximum Gasteiger partial charge on any atom is 0.0924 e. The van der Waals surface area contributed by atoms with Gasteiger partial charge in [0.25, 0.3) is 0 Å². The van der Waals surface area contributed by atoms with Crippen LogP contribution < -0.4 is 0 Å². The van der Waals surface area contributed by atoms with Crippen molar-refractivity contribution >= 4 is 22.5 Å². The van der Waals surface area contributed by atoms with E-state index in [0.717, 1.165) is 40.8 Å². The quantitative estimate of drug-likeness (QED) is 0.244. The number of aliphatic hydroxyl groups is 1.